The maximum atomic E-state index is 13.9. The summed E-state index contributed by atoms with van der Waals surface area (Å²) in [5, 5.41) is 7.78. The van der Waals surface area contributed by atoms with E-state index in [2.05, 4.69) is 5.32 Å². The van der Waals surface area contributed by atoms with Gasteiger partial charge < -0.3 is 5.32 Å². The molecule has 0 heterocycles. The molecule has 0 spiro atoms. The quantitative estimate of drug-likeness (QED) is 0.870. The van der Waals surface area contributed by atoms with Gasteiger partial charge in [-0.1, -0.05) is 20.8 Å². The third kappa shape index (κ3) is 4.25. The molecule has 7 heteroatoms. The molecular weight excluding hydrogens is 295 g/mol. The van der Waals surface area contributed by atoms with Crippen LogP contribution in [0.15, 0.2) is 17.0 Å². The molecule has 1 aromatic carbocycles. The lowest BCUT2D eigenvalue weighted by Crippen LogP contribution is -2.38. The number of rotatable bonds is 5. The minimum Gasteiger partial charge on any atom is -0.349 e. The fourth-order valence-corrected chi connectivity index (χ4v) is 2.91. The molecule has 0 saturated carbocycles. The van der Waals surface area contributed by atoms with Crippen molar-refractivity contribution in [3.63, 3.8) is 0 Å². The number of halogens is 1. The Bertz CT molecular complexity index is 642. The van der Waals surface area contributed by atoms with Crippen LogP contribution in [-0.2, 0) is 10.0 Å². The maximum Gasteiger partial charge on any atom is 0.254 e. The van der Waals surface area contributed by atoms with Gasteiger partial charge in [0.15, 0.2) is 0 Å². The van der Waals surface area contributed by atoms with Crippen LogP contribution in [0.4, 0.5) is 4.39 Å². The molecule has 1 aromatic rings. The van der Waals surface area contributed by atoms with Crippen molar-refractivity contribution in [1.29, 1.82) is 0 Å². The molecule has 0 saturated heterocycles. The zero-order valence-electron chi connectivity index (χ0n) is 12.6. The molecular formula is C14H21FN2O3S. The van der Waals surface area contributed by atoms with Crippen molar-refractivity contribution in [3.8, 4) is 0 Å². The first-order valence-corrected chi connectivity index (χ1v) is 8.26. The number of primary sulfonamides is 1. The summed E-state index contributed by atoms with van der Waals surface area (Å²) in [5.74, 6) is -1.22. The molecule has 0 aromatic heterocycles. The van der Waals surface area contributed by atoms with Crippen LogP contribution in [0, 0.1) is 18.7 Å². The van der Waals surface area contributed by atoms with E-state index in [0.717, 1.165) is 12.1 Å². The van der Waals surface area contributed by atoms with Crippen LogP contribution in [0.3, 0.4) is 0 Å². The summed E-state index contributed by atoms with van der Waals surface area (Å²) in [5.41, 5.74) is -0.147. The van der Waals surface area contributed by atoms with Gasteiger partial charge >= 0.3 is 0 Å². The first-order valence-electron chi connectivity index (χ1n) is 6.71. The summed E-state index contributed by atoms with van der Waals surface area (Å²) < 4.78 is 36.8. The second kappa shape index (κ2) is 6.53. The van der Waals surface area contributed by atoms with Gasteiger partial charge in [0.25, 0.3) is 5.91 Å². The molecule has 118 valence electrons. The standard InChI is InChI=1S/C14H21FN2O3S/c1-5-12(8(2)3)17-14(18)10-7-13(21(16,19)20)9(4)6-11(10)15/h6-8,12H,5H2,1-4H3,(H,17,18)(H2,16,19,20). The van der Waals surface area contributed by atoms with Gasteiger partial charge in [0.05, 0.1) is 10.5 Å². The number of nitrogens with two attached hydrogens (primary N) is 1. The molecule has 0 aliphatic heterocycles. The van der Waals surface area contributed by atoms with Crippen LogP contribution in [0.1, 0.15) is 43.1 Å². The number of carbonyl (C=O) groups is 1. The number of amides is 1. The molecule has 0 aliphatic rings. The van der Waals surface area contributed by atoms with Crippen LogP contribution in [0.2, 0.25) is 0 Å². The first-order chi connectivity index (χ1) is 9.57. The number of benzene rings is 1. The third-order valence-electron chi connectivity index (χ3n) is 3.38. The Hall–Kier alpha value is -1.47. The molecule has 0 bridgehead atoms. The predicted octanol–water partition coefficient (Wildman–Crippen LogP) is 1.95. The van der Waals surface area contributed by atoms with E-state index in [1.54, 1.807) is 0 Å². The van der Waals surface area contributed by atoms with E-state index in [1.165, 1.54) is 6.92 Å². The highest BCUT2D eigenvalue weighted by atomic mass is 32.2. The lowest BCUT2D eigenvalue weighted by molar-refractivity contribution is 0.0920. The molecule has 1 amide bonds. The SMILES string of the molecule is CCC(NC(=O)c1cc(S(N)(=O)=O)c(C)cc1F)C(C)C. The Morgan fingerprint density at radius 2 is 1.95 bits per heavy atom. The van der Waals surface area contributed by atoms with Gasteiger partial charge in [-0.25, -0.2) is 17.9 Å². The van der Waals surface area contributed by atoms with E-state index in [-0.39, 0.29) is 28.0 Å². The minimum absolute atomic E-state index is 0.115. The topological polar surface area (TPSA) is 89.3 Å². The normalized spacial score (nSPS) is 13.3. The van der Waals surface area contributed by atoms with Gasteiger partial charge in [0.1, 0.15) is 5.82 Å². The van der Waals surface area contributed by atoms with Crippen molar-refractivity contribution in [2.45, 2.75) is 45.1 Å². The van der Waals surface area contributed by atoms with Crippen molar-refractivity contribution >= 4 is 15.9 Å². The maximum absolute atomic E-state index is 13.9. The highest BCUT2D eigenvalue weighted by Gasteiger charge is 2.22. The molecule has 21 heavy (non-hydrogen) atoms. The molecule has 0 fully saturated rings. The van der Waals surface area contributed by atoms with E-state index < -0.39 is 21.7 Å². The van der Waals surface area contributed by atoms with E-state index in [0.29, 0.717) is 6.42 Å². The average molecular weight is 316 g/mol. The Kier molecular flexibility index (Phi) is 5.47. The van der Waals surface area contributed by atoms with Crippen LogP contribution < -0.4 is 10.5 Å². The van der Waals surface area contributed by atoms with Crippen molar-refractivity contribution in [2.75, 3.05) is 0 Å². The number of nitrogens with one attached hydrogen (secondary N) is 1. The fourth-order valence-electron chi connectivity index (χ4n) is 2.12. The smallest absolute Gasteiger partial charge is 0.254 e. The zero-order valence-corrected chi connectivity index (χ0v) is 13.4. The summed E-state index contributed by atoms with van der Waals surface area (Å²) in [7, 11) is -4.00. The molecule has 0 aliphatic carbocycles. The van der Waals surface area contributed by atoms with Crippen LogP contribution >= 0.6 is 0 Å². The van der Waals surface area contributed by atoms with Gasteiger partial charge in [-0.15, -0.1) is 0 Å². The summed E-state index contributed by atoms with van der Waals surface area (Å²) in [4.78, 5) is 11.9. The van der Waals surface area contributed by atoms with Crippen molar-refractivity contribution in [3.05, 3.63) is 29.1 Å². The highest BCUT2D eigenvalue weighted by molar-refractivity contribution is 7.89. The lowest BCUT2D eigenvalue weighted by Gasteiger charge is -2.21. The highest BCUT2D eigenvalue weighted by Crippen LogP contribution is 2.19. The molecule has 1 unspecified atom stereocenters. The summed E-state index contributed by atoms with van der Waals surface area (Å²) >= 11 is 0. The zero-order chi connectivity index (χ0) is 16.4. The van der Waals surface area contributed by atoms with Gasteiger partial charge in [-0.05, 0) is 37.0 Å². The Labute approximate surface area is 124 Å². The molecule has 1 atom stereocenters. The molecule has 0 radical (unpaired) electrons. The third-order valence-corrected chi connectivity index (χ3v) is 4.43. The number of hydrogen-bond acceptors (Lipinski definition) is 3. The fraction of sp³-hybridized carbons (Fsp3) is 0.500. The molecule has 3 N–H and O–H groups in total. The summed E-state index contributed by atoms with van der Waals surface area (Å²) in [6.45, 7) is 7.21. The summed E-state index contributed by atoms with van der Waals surface area (Å²) in [6.07, 6.45) is 0.693. The van der Waals surface area contributed by atoms with Crippen LogP contribution in [0.5, 0.6) is 0 Å². The van der Waals surface area contributed by atoms with Gasteiger partial charge in [-0.2, -0.15) is 0 Å². The second-order valence-electron chi connectivity index (χ2n) is 5.37. The number of aryl methyl sites for hydroxylation is 1. The van der Waals surface area contributed by atoms with Gasteiger partial charge in [-0.3, -0.25) is 4.79 Å². The van der Waals surface area contributed by atoms with Crippen LogP contribution in [-0.4, -0.2) is 20.4 Å². The van der Waals surface area contributed by atoms with E-state index in [4.69, 9.17) is 5.14 Å². The van der Waals surface area contributed by atoms with Crippen molar-refractivity contribution < 1.29 is 17.6 Å². The van der Waals surface area contributed by atoms with Crippen LogP contribution in [0.25, 0.3) is 0 Å². The lowest BCUT2D eigenvalue weighted by atomic mass is 10.0. The van der Waals surface area contributed by atoms with Crippen molar-refractivity contribution in [1.82, 2.24) is 5.32 Å². The Morgan fingerprint density at radius 1 is 1.38 bits per heavy atom. The number of hydrogen-bond donors (Lipinski definition) is 2. The van der Waals surface area contributed by atoms with E-state index in [9.17, 15) is 17.6 Å². The molecule has 1 rings (SSSR count). The van der Waals surface area contributed by atoms with Gasteiger partial charge in [0, 0.05) is 6.04 Å². The molecule has 5 nitrogen and oxygen atoms in total. The second-order valence-corrected chi connectivity index (χ2v) is 6.90. The van der Waals surface area contributed by atoms with Gasteiger partial charge in [0.2, 0.25) is 10.0 Å². The number of carbonyl (C=O) groups excluding carboxylic acids is 1. The van der Waals surface area contributed by atoms with E-state index >= 15 is 0 Å². The largest absolute Gasteiger partial charge is 0.349 e. The minimum atomic E-state index is -4.00. The van der Waals surface area contributed by atoms with Crippen molar-refractivity contribution in [2.24, 2.45) is 11.1 Å². The Balaban J connectivity index is 3.22. The van der Waals surface area contributed by atoms with E-state index in [1.807, 2.05) is 20.8 Å². The number of sulfonamides is 1. The first kappa shape index (κ1) is 17.6. The monoisotopic (exact) mass is 316 g/mol. The summed E-state index contributed by atoms with van der Waals surface area (Å²) in [6, 6.07) is 1.88. The Morgan fingerprint density at radius 3 is 2.38 bits per heavy atom. The predicted molar refractivity (Wildman–Crippen MR) is 78.9 cm³/mol. The average Bonchev–Trinajstić information content (AvgIpc) is 2.33.